The zero-order valence-electron chi connectivity index (χ0n) is 25.6. The van der Waals surface area contributed by atoms with Crippen LogP contribution in [0.25, 0.3) is 22.2 Å². The van der Waals surface area contributed by atoms with Gasteiger partial charge in [-0.2, -0.15) is 0 Å². The summed E-state index contributed by atoms with van der Waals surface area (Å²) in [6, 6.07) is 19.5. The molecule has 1 unspecified atom stereocenters. The SMILES string of the molecule is CS(=O)(=O)CCNC(=O)OC(Cc1ccc(-c2ccc3ncnc(Nc4ccc(OCc5cccc(F)c5)c(Cl)c4)c3c2)o1)OP(=O)(O)O. The number of aromatic nitrogens is 2. The molecule has 14 nitrogen and oxygen atoms in total. The summed E-state index contributed by atoms with van der Waals surface area (Å²) in [4.78, 5) is 39.4. The monoisotopic (exact) mass is 734 g/mol. The van der Waals surface area contributed by atoms with E-state index in [4.69, 9.17) is 25.5 Å². The molecule has 0 saturated heterocycles. The van der Waals surface area contributed by atoms with Gasteiger partial charge in [0.05, 0.1) is 22.7 Å². The van der Waals surface area contributed by atoms with E-state index in [1.807, 2.05) is 0 Å². The molecular weight excluding hydrogens is 706 g/mol. The second-order valence-corrected chi connectivity index (χ2v) is 14.5. The van der Waals surface area contributed by atoms with Crippen molar-refractivity contribution < 1.29 is 50.4 Å². The van der Waals surface area contributed by atoms with E-state index in [0.717, 1.165) is 6.26 Å². The quantitative estimate of drug-likeness (QED) is 0.0795. The standard InChI is InChI=1S/C31H29ClFN4O10PS/c1-49(42,43)12-11-34-31(38)46-29(47-48(39,40)41)16-23-7-10-27(45-23)20-5-8-26-24(14-20)30(36-18-35-26)37-22-6-9-28(25(32)15-22)44-17-19-3-2-4-21(33)13-19/h2-10,13-15,18,29H,11-12,16-17H2,1H3,(H,34,38)(H,35,36,37)(H2,39,40,41). The smallest absolute Gasteiger partial charge is 0.472 e. The number of alkyl carbamates (subject to hydrolysis) is 1. The van der Waals surface area contributed by atoms with E-state index in [1.165, 1.54) is 24.5 Å². The molecular formula is C31H29ClFN4O10PS. The second-order valence-electron chi connectivity index (χ2n) is 10.6. The number of anilines is 2. The van der Waals surface area contributed by atoms with E-state index in [2.05, 4.69) is 25.1 Å². The summed E-state index contributed by atoms with van der Waals surface area (Å²) in [5, 5.41) is 6.35. The van der Waals surface area contributed by atoms with Crippen molar-refractivity contribution in [3.8, 4) is 17.1 Å². The van der Waals surface area contributed by atoms with Gasteiger partial charge in [-0.15, -0.1) is 0 Å². The Bertz CT molecular complexity index is 2130. The van der Waals surface area contributed by atoms with Crippen molar-refractivity contribution in [2.45, 2.75) is 19.3 Å². The fourth-order valence-electron chi connectivity index (χ4n) is 4.49. The number of hydrogen-bond acceptors (Lipinski definition) is 11. The summed E-state index contributed by atoms with van der Waals surface area (Å²) in [5.41, 5.74) is 2.46. The molecule has 0 aliphatic rings. The molecule has 3 aromatic carbocycles. The highest BCUT2D eigenvalue weighted by molar-refractivity contribution is 7.90. The van der Waals surface area contributed by atoms with Crippen molar-refractivity contribution in [3.05, 3.63) is 101 Å². The van der Waals surface area contributed by atoms with E-state index in [-0.39, 0.29) is 36.9 Å². The first-order valence-corrected chi connectivity index (χ1v) is 18.3. The maximum atomic E-state index is 13.5. The number of amides is 1. The summed E-state index contributed by atoms with van der Waals surface area (Å²) in [5.74, 6) is 0.658. The zero-order chi connectivity index (χ0) is 35.2. The van der Waals surface area contributed by atoms with Crippen molar-refractivity contribution in [1.82, 2.24) is 15.3 Å². The van der Waals surface area contributed by atoms with E-state index >= 15 is 0 Å². The van der Waals surface area contributed by atoms with Gasteiger partial charge in [-0.05, 0) is 66.2 Å². The average molecular weight is 735 g/mol. The van der Waals surface area contributed by atoms with Crippen LogP contribution in [0, 0.1) is 5.82 Å². The number of nitrogens with zero attached hydrogens (tertiary/aromatic N) is 2. The van der Waals surface area contributed by atoms with Crippen LogP contribution in [-0.4, -0.2) is 59.1 Å². The molecule has 1 amide bonds. The minimum Gasteiger partial charge on any atom is -0.487 e. The molecule has 5 rings (SSSR count). The molecule has 0 radical (unpaired) electrons. The first-order chi connectivity index (χ1) is 23.2. The molecule has 49 heavy (non-hydrogen) atoms. The molecule has 18 heteroatoms. The molecule has 1 atom stereocenters. The predicted octanol–water partition coefficient (Wildman–Crippen LogP) is 5.75. The fourth-order valence-corrected chi connectivity index (χ4v) is 5.62. The number of furan rings is 1. The number of benzene rings is 3. The number of carbonyl (C=O) groups is 1. The molecule has 2 heterocycles. The summed E-state index contributed by atoms with van der Waals surface area (Å²) >= 11 is 6.47. The Kier molecular flexibility index (Phi) is 11.2. The van der Waals surface area contributed by atoms with E-state index in [0.29, 0.717) is 50.1 Å². The zero-order valence-corrected chi connectivity index (χ0v) is 28.0. The number of nitrogens with one attached hydrogen (secondary N) is 2. The number of ether oxygens (including phenoxy) is 2. The second kappa shape index (κ2) is 15.3. The Labute approximate surface area is 284 Å². The summed E-state index contributed by atoms with van der Waals surface area (Å²) in [6.45, 7) is -0.149. The number of carbonyl (C=O) groups excluding carboxylic acids is 1. The van der Waals surface area contributed by atoms with Crippen LogP contribution in [0.1, 0.15) is 11.3 Å². The number of hydrogen-bond donors (Lipinski definition) is 4. The molecule has 2 aromatic heterocycles. The Morgan fingerprint density at radius 1 is 1.08 bits per heavy atom. The lowest BCUT2D eigenvalue weighted by Crippen LogP contribution is -2.33. The molecule has 5 aromatic rings. The molecule has 0 aliphatic carbocycles. The van der Waals surface area contributed by atoms with Crippen molar-refractivity contribution in [3.63, 3.8) is 0 Å². The topological polar surface area (TPSA) is 199 Å². The normalized spacial score (nSPS) is 12.4. The molecule has 4 N–H and O–H groups in total. The summed E-state index contributed by atoms with van der Waals surface area (Å²) in [7, 11) is -8.46. The third kappa shape index (κ3) is 10.7. The van der Waals surface area contributed by atoms with Crippen LogP contribution in [-0.2, 0) is 36.7 Å². The number of fused-ring (bicyclic) bond motifs is 1. The number of phosphoric ester groups is 1. The van der Waals surface area contributed by atoms with Gasteiger partial charge in [0.25, 0.3) is 0 Å². The Morgan fingerprint density at radius 2 is 1.90 bits per heavy atom. The first kappa shape index (κ1) is 35.7. The first-order valence-electron chi connectivity index (χ1n) is 14.3. The Balaban J connectivity index is 1.29. The van der Waals surface area contributed by atoms with Gasteiger partial charge in [-0.1, -0.05) is 23.7 Å². The van der Waals surface area contributed by atoms with Crippen molar-refractivity contribution in [2.24, 2.45) is 0 Å². The molecule has 0 spiro atoms. The number of phosphoric acid groups is 1. The molecule has 0 aliphatic heterocycles. The minimum atomic E-state index is -5.10. The maximum absolute atomic E-state index is 13.5. The largest absolute Gasteiger partial charge is 0.487 e. The van der Waals surface area contributed by atoms with E-state index < -0.39 is 30.0 Å². The lowest BCUT2D eigenvalue weighted by molar-refractivity contribution is -0.0487. The van der Waals surface area contributed by atoms with Gasteiger partial charge in [0, 0.05) is 29.4 Å². The lowest BCUT2D eigenvalue weighted by atomic mass is 10.1. The highest BCUT2D eigenvalue weighted by atomic mass is 35.5. The highest BCUT2D eigenvalue weighted by Crippen LogP contribution is 2.39. The Hall–Kier alpha value is -4.57. The van der Waals surface area contributed by atoms with Gasteiger partial charge in [0.15, 0.2) is 0 Å². The molecule has 258 valence electrons. The van der Waals surface area contributed by atoms with Crippen LogP contribution in [0.3, 0.4) is 0 Å². The summed E-state index contributed by atoms with van der Waals surface area (Å²) in [6.07, 6.45) is -0.902. The van der Waals surface area contributed by atoms with Gasteiger partial charge >= 0.3 is 13.9 Å². The Morgan fingerprint density at radius 3 is 2.63 bits per heavy atom. The van der Waals surface area contributed by atoms with Crippen LogP contribution in [0.15, 0.2) is 83.5 Å². The predicted molar refractivity (Wildman–Crippen MR) is 178 cm³/mol. The van der Waals surface area contributed by atoms with Crippen LogP contribution < -0.4 is 15.4 Å². The van der Waals surface area contributed by atoms with Gasteiger partial charge in [-0.3, -0.25) is 0 Å². The van der Waals surface area contributed by atoms with Crippen LogP contribution >= 0.6 is 19.4 Å². The van der Waals surface area contributed by atoms with E-state index in [1.54, 1.807) is 54.6 Å². The van der Waals surface area contributed by atoms with Crippen molar-refractivity contribution in [1.29, 1.82) is 0 Å². The number of halogens is 2. The van der Waals surface area contributed by atoms with Crippen LogP contribution in [0.2, 0.25) is 5.02 Å². The fraction of sp³-hybridized carbons (Fsp3) is 0.194. The summed E-state index contributed by atoms with van der Waals surface area (Å²) < 4.78 is 68.8. The van der Waals surface area contributed by atoms with Crippen molar-refractivity contribution >= 4 is 57.8 Å². The van der Waals surface area contributed by atoms with Crippen LogP contribution in [0.5, 0.6) is 5.75 Å². The molecule has 0 fully saturated rings. The average Bonchev–Trinajstić information content (AvgIpc) is 3.47. The van der Waals surface area contributed by atoms with Gasteiger partial charge in [0.2, 0.25) is 6.29 Å². The third-order valence-electron chi connectivity index (χ3n) is 6.66. The molecule has 0 saturated carbocycles. The van der Waals surface area contributed by atoms with E-state index in [9.17, 15) is 32.0 Å². The lowest BCUT2D eigenvalue weighted by Gasteiger charge is -2.18. The highest BCUT2D eigenvalue weighted by Gasteiger charge is 2.27. The third-order valence-corrected chi connectivity index (χ3v) is 8.41. The van der Waals surface area contributed by atoms with Gasteiger partial charge in [-0.25, -0.2) is 36.7 Å². The number of rotatable bonds is 14. The number of sulfone groups is 1. The minimum absolute atomic E-state index is 0.130. The van der Waals surface area contributed by atoms with Gasteiger partial charge < -0.3 is 34.3 Å². The van der Waals surface area contributed by atoms with Crippen molar-refractivity contribution in [2.75, 3.05) is 23.9 Å². The van der Waals surface area contributed by atoms with Gasteiger partial charge in [0.1, 0.15) is 51.7 Å². The maximum Gasteiger partial charge on any atom is 0.472 e. The van der Waals surface area contributed by atoms with Crippen LogP contribution in [0.4, 0.5) is 20.7 Å². The molecule has 0 bridgehead atoms.